The molecule has 1 unspecified atom stereocenters. The molecular formula is C23H28F3N3O3. The lowest BCUT2D eigenvalue weighted by molar-refractivity contribution is -0.138. The average molecular weight is 451 g/mol. The van der Waals surface area contributed by atoms with Gasteiger partial charge in [-0.2, -0.15) is 18.3 Å². The molecule has 0 bridgehead atoms. The van der Waals surface area contributed by atoms with Crippen molar-refractivity contribution in [1.29, 1.82) is 0 Å². The van der Waals surface area contributed by atoms with Gasteiger partial charge in [0, 0.05) is 24.8 Å². The van der Waals surface area contributed by atoms with E-state index in [2.05, 4.69) is 10.00 Å². The largest absolute Gasteiger partial charge is 0.476 e. The first-order chi connectivity index (χ1) is 15.0. The van der Waals surface area contributed by atoms with E-state index in [0.717, 1.165) is 32.0 Å². The number of hydrogen-bond donors (Lipinski definition) is 1. The zero-order chi connectivity index (χ0) is 23.2. The third-order valence-electron chi connectivity index (χ3n) is 6.99. The molecule has 1 saturated carbocycles. The molecule has 1 saturated heterocycles. The molecule has 6 nitrogen and oxygen atoms in total. The van der Waals surface area contributed by atoms with Crippen molar-refractivity contribution in [2.24, 2.45) is 11.8 Å². The van der Waals surface area contributed by atoms with Crippen molar-refractivity contribution in [2.45, 2.75) is 58.7 Å². The molecule has 2 aliphatic rings. The van der Waals surface area contributed by atoms with Crippen molar-refractivity contribution in [1.82, 2.24) is 14.7 Å². The lowest BCUT2D eigenvalue weighted by Gasteiger charge is -2.26. The minimum atomic E-state index is -4.36. The molecule has 0 radical (unpaired) electrons. The van der Waals surface area contributed by atoms with Crippen LogP contribution in [0, 0.1) is 25.7 Å². The Morgan fingerprint density at radius 2 is 1.91 bits per heavy atom. The molecule has 4 rings (SSSR count). The number of aromatic nitrogens is 2. The number of carboxylic acids is 1. The van der Waals surface area contributed by atoms with E-state index < -0.39 is 17.7 Å². The van der Waals surface area contributed by atoms with Gasteiger partial charge in [-0.05, 0) is 62.6 Å². The molecule has 2 heterocycles. The maximum atomic E-state index is 13.1. The zero-order valence-electron chi connectivity index (χ0n) is 18.4. The Kier molecular flexibility index (Phi) is 6.06. The summed E-state index contributed by atoms with van der Waals surface area (Å²) in [5.41, 5.74) is 0.923. The van der Waals surface area contributed by atoms with Crippen LogP contribution >= 0.6 is 0 Å². The predicted molar refractivity (Wildman–Crippen MR) is 111 cm³/mol. The number of aryl methyl sites for hydroxylation is 1. The second kappa shape index (κ2) is 8.51. The number of rotatable bonds is 6. The summed E-state index contributed by atoms with van der Waals surface area (Å²) in [7, 11) is 0. The lowest BCUT2D eigenvalue weighted by atomic mass is 10.0. The van der Waals surface area contributed by atoms with Crippen LogP contribution in [0.4, 0.5) is 13.2 Å². The number of hydrogen-bond acceptors (Lipinski definition) is 4. The first-order valence-electron chi connectivity index (χ1n) is 10.8. The first kappa shape index (κ1) is 22.8. The molecule has 1 aliphatic carbocycles. The van der Waals surface area contributed by atoms with Gasteiger partial charge in [-0.3, -0.25) is 9.58 Å². The Balaban J connectivity index is 1.33. The van der Waals surface area contributed by atoms with Gasteiger partial charge in [0.25, 0.3) is 0 Å². The molecule has 32 heavy (non-hydrogen) atoms. The van der Waals surface area contributed by atoms with Crippen molar-refractivity contribution in [3.63, 3.8) is 0 Å². The van der Waals surface area contributed by atoms with Gasteiger partial charge in [-0.25, -0.2) is 4.79 Å². The predicted octanol–water partition coefficient (Wildman–Crippen LogP) is 4.66. The van der Waals surface area contributed by atoms with Crippen LogP contribution in [0.25, 0.3) is 0 Å². The third-order valence-corrected chi connectivity index (χ3v) is 6.99. The molecule has 1 aliphatic heterocycles. The van der Waals surface area contributed by atoms with Gasteiger partial charge in [-0.1, -0.05) is 12.1 Å². The number of halogens is 3. The van der Waals surface area contributed by atoms with E-state index in [1.807, 2.05) is 6.92 Å². The number of ether oxygens (including phenoxy) is 1. The summed E-state index contributed by atoms with van der Waals surface area (Å²) < 4.78 is 47.1. The van der Waals surface area contributed by atoms with E-state index in [9.17, 15) is 23.1 Å². The Bertz CT molecular complexity index is 990. The standard InChI is InChI=1S/C23H28F3N3O3/c1-13-9-29(27-21(13)22(30)31)15(3)28-10-17-7-19(8-18(17)11-28)32-12-16-5-4-6-20(14(16)2)23(24,25)26/h4-6,9,15,17-19H,7-8,10-12H2,1-3H3,(H,30,31)/t15?,17-,18+,19+. The van der Waals surface area contributed by atoms with E-state index in [0.29, 0.717) is 23.0 Å². The maximum absolute atomic E-state index is 13.1. The zero-order valence-corrected chi connectivity index (χ0v) is 18.4. The number of aromatic carboxylic acids is 1. The van der Waals surface area contributed by atoms with Crippen LogP contribution in [0.1, 0.15) is 58.7 Å². The number of carbonyl (C=O) groups is 1. The lowest BCUT2D eigenvalue weighted by Crippen LogP contribution is -2.31. The Morgan fingerprint density at radius 1 is 1.25 bits per heavy atom. The van der Waals surface area contributed by atoms with Gasteiger partial charge in [0.15, 0.2) is 5.69 Å². The normalized spacial score (nSPS) is 24.6. The molecular weight excluding hydrogens is 423 g/mol. The second-order valence-electron chi connectivity index (χ2n) is 9.04. The van der Waals surface area contributed by atoms with Gasteiger partial charge in [0.2, 0.25) is 0 Å². The van der Waals surface area contributed by atoms with Gasteiger partial charge >= 0.3 is 12.1 Å². The third kappa shape index (κ3) is 4.41. The molecule has 174 valence electrons. The Hall–Kier alpha value is -2.39. The minimum Gasteiger partial charge on any atom is -0.476 e. The number of nitrogens with zero attached hydrogens (tertiary/aromatic N) is 3. The number of carboxylic acid groups (broad SMARTS) is 1. The minimum absolute atomic E-state index is 0.0421. The van der Waals surface area contributed by atoms with Crippen LogP contribution in [-0.2, 0) is 17.5 Å². The summed E-state index contributed by atoms with van der Waals surface area (Å²) in [5.74, 6) is -0.107. The van der Waals surface area contributed by atoms with Crippen molar-refractivity contribution >= 4 is 5.97 Å². The summed E-state index contributed by atoms with van der Waals surface area (Å²) in [6.07, 6.45) is -0.829. The van der Waals surface area contributed by atoms with E-state index >= 15 is 0 Å². The van der Waals surface area contributed by atoms with E-state index in [1.165, 1.54) is 13.0 Å². The van der Waals surface area contributed by atoms with Crippen LogP contribution in [-0.4, -0.2) is 44.9 Å². The summed E-state index contributed by atoms with van der Waals surface area (Å²) in [5, 5.41) is 13.5. The fourth-order valence-corrected chi connectivity index (χ4v) is 5.13. The Morgan fingerprint density at radius 3 is 2.47 bits per heavy atom. The second-order valence-corrected chi connectivity index (χ2v) is 9.04. The Labute approximate surface area is 185 Å². The van der Waals surface area contributed by atoms with Gasteiger partial charge < -0.3 is 9.84 Å². The highest BCUT2D eigenvalue weighted by Gasteiger charge is 2.43. The molecule has 2 fully saturated rings. The molecule has 1 aromatic heterocycles. The van der Waals surface area contributed by atoms with Crippen LogP contribution in [0.3, 0.4) is 0 Å². The number of fused-ring (bicyclic) bond motifs is 1. The van der Waals surface area contributed by atoms with Gasteiger partial charge in [0.1, 0.15) is 6.17 Å². The molecule has 0 amide bonds. The van der Waals surface area contributed by atoms with Crippen LogP contribution in [0.5, 0.6) is 0 Å². The average Bonchev–Trinajstić information content (AvgIpc) is 3.38. The highest BCUT2D eigenvalue weighted by atomic mass is 19.4. The van der Waals surface area contributed by atoms with Crippen LogP contribution in [0.15, 0.2) is 24.4 Å². The highest BCUT2D eigenvalue weighted by molar-refractivity contribution is 5.86. The summed E-state index contributed by atoms with van der Waals surface area (Å²) in [6, 6.07) is 4.24. The topological polar surface area (TPSA) is 67.6 Å². The molecule has 0 spiro atoms. The SMILES string of the molecule is Cc1cn(C(C)N2C[C@H]3C[C@H](OCc4cccc(C(F)(F)F)c4C)C[C@H]3C2)nc1C(=O)O. The summed E-state index contributed by atoms with van der Waals surface area (Å²) in [4.78, 5) is 13.6. The van der Waals surface area contributed by atoms with Crippen molar-refractivity contribution in [3.05, 3.63) is 52.3 Å². The van der Waals surface area contributed by atoms with Crippen LogP contribution in [0.2, 0.25) is 0 Å². The molecule has 4 atom stereocenters. The monoisotopic (exact) mass is 451 g/mol. The number of alkyl halides is 3. The number of likely N-dealkylation sites (tertiary alicyclic amines) is 1. The highest BCUT2D eigenvalue weighted by Crippen LogP contribution is 2.42. The molecule has 2 aromatic rings. The maximum Gasteiger partial charge on any atom is 0.416 e. The first-order valence-corrected chi connectivity index (χ1v) is 10.8. The van der Waals surface area contributed by atoms with Crippen molar-refractivity contribution < 1.29 is 27.8 Å². The fourth-order valence-electron chi connectivity index (χ4n) is 5.13. The van der Waals surface area contributed by atoms with E-state index in [4.69, 9.17) is 4.74 Å². The fraction of sp³-hybridized carbons (Fsp3) is 0.565. The summed E-state index contributed by atoms with van der Waals surface area (Å²) in [6.45, 7) is 7.18. The van der Waals surface area contributed by atoms with Gasteiger partial charge in [0.05, 0.1) is 18.3 Å². The molecule has 1 N–H and O–H groups in total. The number of benzene rings is 1. The van der Waals surface area contributed by atoms with E-state index in [1.54, 1.807) is 23.9 Å². The van der Waals surface area contributed by atoms with Gasteiger partial charge in [-0.15, -0.1) is 0 Å². The molecule has 9 heteroatoms. The van der Waals surface area contributed by atoms with Crippen LogP contribution < -0.4 is 0 Å². The van der Waals surface area contributed by atoms with E-state index in [-0.39, 0.29) is 30.1 Å². The smallest absolute Gasteiger partial charge is 0.416 e. The van der Waals surface area contributed by atoms with Crippen molar-refractivity contribution in [2.75, 3.05) is 13.1 Å². The summed E-state index contributed by atoms with van der Waals surface area (Å²) >= 11 is 0. The quantitative estimate of drug-likeness (QED) is 0.692. The molecule has 1 aromatic carbocycles. The van der Waals surface area contributed by atoms with Crippen molar-refractivity contribution in [3.8, 4) is 0 Å².